The predicted molar refractivity (Wildman–Crippen MR) is 131 cm³/mol. The molecular weight excluding hydrogens is 426 g/mol. The van der Waals surface area contributed by atoms with Gasteiger partial charge in [0.2, 0.25) is 0 Å². The Morgan fingerprint density at radius 1 is 0.765 bits per heavy atom. The maximum atomic E-state index is 13.0. The van der Waals surface area contributed by atoms with E-state index >= 15 is 0 Å². The first kappa shape index (κ1) is 21.6. The molecule has 5 heteroatoms. The van der Waals surface area contributed by atoms with Gasteiger partial charge in [0.05, 0.1) is 5.56 Å². The van der Waals surface area contributed by atoms with Crippen LogP contribution in [-0.2, 0) is 0 Å². The number of unbranched alkanes of at least 4 members (excludes halogenated alkanes) is 1. The third-order valence-corrected chi connectivity index (χ3v) is 6.12. The van der Waals surface area contributed by atoms with Crippen LogP contribution in [0.3, 0.4) is 0 Å². The van der Waals surface area contributed by atoms with E-state index < -0.39 is 5.97 Å². The molecule has 168 valence electrons. The van der Waals surface area contributed by atoms with Crippen molar-refractivity contribution in [2.24, 2.45) is 0 Å². The van der Waals surface area contributed by atoms with Crippen molar-refractivity contribution >= 4 is 28.6 Å². The van der Waals surface area contributed by atoms with Gasteiger partial charge in [0.1, 0.15) is 5.75 Å². The molecule has 0 spiro atoms. The van der Waals surface area contributed by atoms with Crippen LogP contribution in [0.15, 0.2) is 84.9 Å². The fourth-order valence-electron chi connectivity index (χ4n) is 4.32. The van der Waals surface area contributed by atoms with Crippen molar-refractivity contribution in [2.75, 3.05) is 6.54 Å². The monoisotopic (exact) mass is 449 g/mol. The number of ether oxygens (including phenoxy) is 1. The summed E-state index contributed by atoms with van der Waals surface area (Å²) in [6.07, 6.45) is 1.64. The second kappa shape index (κ2) is 8.94. The minimum atomic E-state index is -0.502. The fourth-order valence-corrected chi connectivity index (χ4v) is 4.32. The molecule has 0 bridgehead atoms. The van der Waals surface area contributed by atoms with Gasteiger partial charge in [-0.3, -0.25) is 14.5 Å². The minimum absolute atomic E-state index is 0.309. The standard InChI is InChI=1S/C29H23NO4/c1-2-3-18-30-27(31)23-11-7-10-22-25(17-16-24(26(22)23)28(30)32)34-29(33)21-14-12-20(13-15-21)19-8-5-4-6-9-19/h4-17H,2-3,18H2,1H3. The van der Waals surface area contributed by atoms with Crippen LogP contribution in [0.2, 0.25) is 0 Å². The number of esters is 1. The Morgan fingerprint density at radius 2 is 1.44 bits per heavy atom. The van der Waals surface area contributed by atoms with Crippen molar-refractivity contribution in [3.8, 4) is 16.9 Å². The van der Waals surface area contributed by atoms with E-state index in [0.29, 0.717) is 39.8 Å². The summed E-state index contributed by atoms with van der Waals surface area (Å²) >= 11 is 0. The van der Waals surface area contributed by atoms with Crippen molar-refractivity contribution in [1.29, 1.82) is 0 Å². The quantitative estimate of drug-likeness (QED) is 0.202. The molecule has 0 saturated carbocycles. The first-order valence-corrected chi connectivity index (χ1v) is 11.4. The van der Waals surface area contributed by atoms with Crippen molar-refractivity contribution < 1.29 is 19.1 Å². The van der Waals surface area contributed by atoms with E-state index in [9.17, 15) is 14.4 Å². The molecule has 0 atom stereocenters. The molecule has 0 fully saturated rings. The summed E-state index contributed by atoms with van der Waals surface area (Å²) in [5.74, 6) is -0.799. The van der Waals surface area contributed by atoms with Gasteiger partial charge in [0, 0.05) is 28.4 Å². The van der Waals surface area contributed by atoms with Crippen molar-refractivity contribution in [3.05, 3.63) is 102 Å². The number of nitrogens with zero attached hydrogens (tertiary/aromatic N) is 1. The van der Waals surface area contributed by atoms with Gasteiger partial charge in [0.25, 0.3) is 11.8 Å². The first-order chi connectivity index (χ1) is 16.6. The van der Waals surface area contributed by atoms with Crippen molar-refractivity contribution in [3.63, 3.8) is 0 Å². The maximum absolute atomic E-state index is 13.0. The van der Waals surface area contributed by atoms with Crippen LogP contribution in [0.1, 0.15) is 50.8 Å². The lowest BCUT2D eigenvalue weighted by molar-refractivity contribution is 0.0608. The predicted octanol–water partition coefficient (Wildman–Crippen LogP) is 6.12. The van der Waals surface area contributed by atoms with E-state index in [1.54, 1.807) is 42.5 Å². The van der Waals surface area contributed by atoms with Crippen molar-refractivity contribution in [2.45, 2.75) is 19.8 Å². The van der Waals surface area contributed by atoms with E-state index in [0.717, 1.165) is 24.0 Å². The van der Waals surface area contributed by atoms with Gasteiger partial charge >= 0.3 is 5.97 Å². The second-order valence-corrected chi connectivity index (χ2v) is 8.29. The number of amides is 2. The van der Waals surface area contributed by atoms with Crippen LogP contribution >= 0.6 is 0 Å². The summed E-state index contributed by atoms with van der Waals surface area (Å²) in [5.41, 5.74) is 3.39. The van der Waals surface area contributed by atoms with E-state index in [1.807, 2.05) is 49.4 Å². The third-order valence-electron chi connectivity index (χ3n) is 6.12. The van der Waals surface area contributed by atoms with Gasteiger partial charge in [-0.2, -0.15) is 0 Å². The molecule has 0 aliphatic carbocycles. The van der Waals surface area contributed by atoms with Crippen LogP contribution in [0.5, 0.6) is 5.75 Å². The Kier molecular flexibility index (Phi) is 5.68. The summed E-state index contributed by atoms with van der Waals surface area (Å²) in [7, 11) is 0. The van der Waals surface area contributed by atoms with Gasteiger partial charge in [-0.1, -0.05) is 67.9 Å². The van der Waals surface area contributed by atoms with Crippen LogP contribution in [0.4, 0.5) is 0 Å². The normalized spacial score (nSPS) is 12.8. The molecule has 1 heterocycles. The lowest BCUT2D eigenvalue weighted by atomic mass is 9.93. The van der Waals surface area contributed by atoms with Gasteiger partial charge in [-0.05, 0) is 47.9 Å². The van der Waals surface area contributed by atoms with Gasteiger partial charge in [-0.15, -0.1) is 0 Å². The summed E-state index contributed by atoms with van der Waals surface area (Å²) in [6, 6.07) is 25.6. The zero-order chi connectivity index (χ0) is 23.7. The lowest BCUT2D eigenvalue weighted by Gasteiger charge is -2.27. The van der Waals surface area contributed by atoms with Gasteiger partial charge < -0.3 is 4.74 Å². The highest BCUT2D eigenvalue weighted by molar-refractivity contribution is 6.26. The topological polar surface area (TPSA) is 63.7 Å². The van der Waals surface area contributed by atoms with E-state index in [4.69, 9.17) is 4.74 Å². The number of hydrogen-bond donors (Lipinski definition) is 0. The van der Waals surface area contributed by atoms with Crippen LogP contribution < -0.4 is 4.74 Å². The molecule has 0 N–H and O–H groups in total. The largest absolute Gasteiger partial charge is 0.422 e. The van der Waals surface area contributed by atoms with Gasteiger partial charge in [-0.25, -0.2) is 4.79 Å². The number of carbonyl (C=O) groups is 3. The smallest absolute Gasteiger partial charge is 0.343 e. The molecule has 0 radical (unpaired) electrons. The highest BCUT2D eigenvalue weighted by Crippen LogP contribution is 2.36. The zero-order valence-corrected chi connectivity index (χ0v) is 18.8. The minimum Gasteiger partial charge on any atom is -0.422 e. The van der Waals surface area contributed by atoms with Crippen LogP contribution in [0, 0.1) is 0 Å². The zero-order valence-electron chi connectivity index (χ0n) is 18.8. The Morgan fingerprint density at radius 3 is 2.15 bits per heavy atom. The fraction of sp³-hybridized carbons (Fsp3) is 0.138. The molecular formula is C29H23NO4. The SMILES string of the molecule is CCCCN1C(=O)c2cccc3c(OC(=O)c4ccc(-c5ccccc5)cc4)ccc(c23)C1=O. The summed E-state index contributed by atoms with van der Waals surface area (Å²) in [6.45, 7) is 2.41. The average molecular weight is 450 g/mol. The second-order valence-electron chi connectivity index (χ2n) is 8.29. The van der Waals surface area contributed by atoms with Crippen molar-refractivity contribution in [1.82, 2.24) is 4.90 Å². The molecule has 1 aliphatic rings. The average Bonchev–Trinajstić information content (AvgIpc) is 2.88. The molecule has 1 aliphatic heterocycles. The molecule has 0 saturated heterocycles. The molecule has 2 amide bonds. The van der Waals surface area contributed by atoms with Crippen LogP contribution in [0.25, 0.3) is 21.9 Å². The molecule has 5 rings (SSSR count). The molecule has 0 aromatic heterocycles. The summed E-state index contributed by atoms with van der Waals surface area (Å²) in [4.78, 5) is 40.2. The van der Waals surface area contributed by atoms with Crippen LogP contribution in [-0.4, -0.2) is 29.2 Å². The molecule has 0 unspecified atom stereocenters. The Hall–Kier alpha value is -4.25. The summed E-state index contributed by atoms with van der Waals surface area (Å²) < 4.78 is 5.72. The Labute approximate surface area is 197 Å². The highest BCUT2D eigenvalue weighted by Gasteiger charge is 2.33. The molecule has 5 nitrogen and oxygen atoms in total. The molecule has 34 heavy (non-hydrogen) atoms. The van der Waals surface area contributed by atoms with E-state index in [2.05, 4.69) is 0 Å². The Bertz CT molecular complexity index is 1390. The first-order valence-electron chi connectivity index (χ1n) is 11.4. The number of imide groups is 1. The highest BCUT2D eigenvalue weighted by atomic mass is 16.5. The van der Waals surface area contributed by atoms with Gasteiger partial charge in [0.15, 0.2) is 0 Å². The number of rotatable bonds is 6. The number of carbonyl (C=O) groups excluding carboxylic acids is 3. The number of hydrogen-bond acceptors (Lipinski definition) is 4. The number of benzene rings is 4. The molecule has 4 aromatic rings. The van der Waals surface area contributed by atoms with E-state index in [1.165, 1.54) is 4.90 Å². The van der Waals surface area contributed by atoms with E-state index in [-0.39, 0.29) is 11.8 Å². The summed E-state index contributed by atoms with van der Waals surface area (Å²) in [5, 5.41) is 1.11. The Balaban J connectivity index is 1.45. The maximum Gasteiger partial charge on any atom is 0.343 e. The lowest BCUT2D eigenvalue weighted by Crippen LogP contribution is -2.40. The third kappa shape index (κ3) is 3.75. The molecule has 4 aromatic carbocycles.